The van der Waals surface area contributed by atoms with E-state index in [-0.39, 0.29) is 16.1 Å². The molecule has 30 heavy (non-hydrogen) atoms. The third-order valence-corrected chi connectivity index (χ3v) is 6.92. The fourth-order valence-corrected chi connectivity index (χ4v) is 4.57. The lowest BCUT2D eigenvalue weighted by atomic mass is 10.1. The van der Waals surface area contributed by atoms with Crippen LogP contribution in [0.25, 0.3) is 0 Å². The highest BCUT2D eigenvalue weighted by Crippen LogP contribution is 2.30. The van der Waals surface area contributed by atoms with Crippen molar-refractivity contribution in [3.05, 3.63) is 59.2 Å². The molecule has 0 saturated carbocycles. The summed E-state index contributed by atoms with van der Waals surface area (Å²) in [4.78, 5) is 14.7. The third-order valence-electron chi connectivity index (χ3n) is 5.02. The van der Waals surface area contributed by atoms with Gasteiger partial charge in [-0.2, -0.15) is 17.5 Å². The van der Waals surface area contributed by atoms with Crippen molar-refractivity contribution in [3.63, 3.8) is 0 Å². The monoisotopic (exact) mass is 441 g/mol. The van der Waals surface area contributed by atoms with Crippen molar-refractivity contribution in [3.8, 4) is 0 Å². The molecule has 2 aromatic carbocycles. The Hall–Kier alpha value is -2.43. The largest absolute Gasteiger partial charge is 0.416 e. The maximum absolute atomic E-state index is 12.9. The molecule has 1 N–H and O–H groups in total. The Kier molecular flexibility index (Phi) is 6.21. The molecule has 0 aromatic heterocycles. The summed E-state index contributed by atoms with van der Waals surface area (Å²) in [5, 5.41) is 2.52. The Morgan fingerprint density at radius 1 is 1.00 bits per heavy atom. The molecule has 0 aliphatic carbocycles. The van der Waals surface area contributed by atoms with Gasteiger partial charge in [0.1, 0.15) is 0 Å². The third kappa shape index (κ3) is 4.82. The molecule has 0 unspecified atom stereocenters. The summed E-state index contributed by atoms with van der Waals surface area (Å²) in [6.07, 6.45) is -4.47. The Morgan fingerprint density at radius 3 is 2.17 bits per heavy atom. The first-order chi connectivity index (χ1) is 14.0. The molecule has 1 aliphatic rings. The Balaban J connectivity index is 1.82. The molecule has 162 valence electrons. The summed E-state index contributed by atoms with van der Waals surface area (Å²) in [7, 11) is -1.84. The second-order valence-corrected chi connectivity index (χ2v) is 9.15. The lowest BCUT2D eigenvalue weighted by Crippen LogP contribution is -2.47. The molecule has 1 heterocycles. The van der Waals surface area contributed by atoms with E-state index >= 15 is 0 Å². The maximum atomic E-state index is 12.9. The minimum Gasteiger partial charge on any atom is -0.322 e. The number of hydrogen-bond donors (Lipinski definition) is 1. The molecule has 2 aromatic rings. The zero-order chi connectivity index (χ0) is 22.1. The highest BCUT2D eigenvalue weighted by Gasteiger charge is 2.30. The van der Waals surface area contributed by atoms with E-state index in [1.54, 1.807) is 13.0 Å². The van der Waals surface area contributed by atoms with E-state index in [4.69, 9.17) is 0 Å². The molecule has 10 heteroatoms. The van der Waals surface area contributed by atoms with Crippen LogP contribution in [0.1, 0.15) is 21.5 Å². The second kappa shape index (κ2) is 8.37. The van der Waals surface area contributed by atoms with Crippen LogP contribution in [0.15, 0.2) is 47.4 Å². The fourth-order valence-electron chi connectivity index (χ4n) is 3.12. The van der Waals surface area contributed by atoms with E-state index in [1.807, 2.05) is 11.9 Å². The minimum absolute atomic E-state index is 0.00947. The SMILES string of the molecule is Cc1ccc(S(=O)(=O)N2CCN(C)CC2)cc1C(=O)Nc1ccc(C(F)(F)F)cc1. The van der Waals surface area contributed by atoms with Crippen LogP contribution in [-0.4, -0.2) is 56.8 Å². The van der Waals surface area contributed by atoms with Crippen molar-refractivity contribution >= 4 is 21.6 Å². The first-order valence-corrected chi connectivity index (χ1v) is 10.7. The van der Waals surface area contributed by atoms with Gasteiger partial charge < -0.3 is 10.2 Å². The average molecular weight is 441 g/mol. The Morgan fingerprint density at radius 2 is 1.60 bits per heavy atom. The van der Waals surface area contributed by atoms with Gasteiger partial charge in [0.15, 0.2) is 0 Å². The van der Waals surface area contributed by atoms with Gasteiger partial charge in [0, 0.05) is 37.4 Å². The number of rotatable bonds is 4. The number of hydrogen-bond acceptors (Lipinski definition) is 4. The van der Waals surface area contributed by atoms with Crippen LogP contribution >= 0.6 is 0 Å². The Labute approximate surface area is 173 Å². The number of alkyl halides is 3. The smallest absolute Gasteiger partial charge is 0.322 e. The summed E-state index contributed by atoms with van der Waals surface area (Å²) >= 11 is 0. The summed E-state index contributed by atoms with van der Waals surface area (Å²) in [6.45, 7) is 3.62. The zero-order valence-corrected chi connectivity index (χ0v) is 17.3. The van der Waals surface area contributed by atoms with Gasteiger partial charge in [-0.3, -0.25) is 4.79 Å². The first kappa shape index (κ1) is 22.3. The highest BCUT2D eigenvalue weighted by molar-refractivity contribution is 7.89. The van der Waals surface area contributed by atoms with E-state index in [2.05, 4.69) is 5.32 Å². The molecule has 3 rings (SSSR count). The molecule has 0 radical (unpaired) electrons. The quantitative estimate of drug-likeness (QED) is 0.791. The van der Waals surface area contributed by atoms with Gasteiger partial charge in [0.25, 0.3) is 5.91 Å². The molecule has 1 amide bonds. The van der Waals surface area contributed by atoms with Crippen LogP contribution in [0.2, 0.25) is 0 Å². The highest BCUT2D eigenvalue weighted by atomic mass is 32.2. The number of carbonyl (C=O) groups excluding carboxylic acids is 1. The van der Waals surface area contributed by atoms with Crippen molar-refractivity contribution in [2.75, 3.05) is 38.5 Å². The molecule has 6 nitrogen and oxygen atoms in total. The normalized spacial score (nSPS) is 16.4. The number of carbonyl (C=O) groups is 1. The van der Waals surface area contributed by atoms with Crippen molar-refractivity contribution in [2.45, 2.75) is 18.0 Å². The predicted molar refractivity (Wildman–Crippen MR) is 107 cm³/mol. The van der Waals surface area contributed by atoms with Crippen molar-refractivity contribution in [1.82, 2.24) is 9.21 Å². The van der Waals surface area contributed by atoms with E-state index in [0.29, 0.717) is 31.7 Å². The van der Waals surface area contributed by atoms with Crippen molar-refractivity contribution in [2.24, 2.45) is 0 Å². The van der Waals surface area contributed by atoms with E-state index < -0.39 is 27.7 Å². The van der Waals surface area contributed by atoms with Gasteiger partial charge >= 0.3 is 6.18 Å². The standard InChI is InChI=1S/C20H22F3N3O3S/c1-14-3-8-17(30(28,29)26-11-9-25(2)10-12-26)13-18(14)19(27)24-16-6-4-15(5-7-16)20(21,22)23/h3-8,13H,9-12H2,1-2H3,(H,24,27). The number of amides is 1. The number of nitrogens with one attached hydrogen (secondary N) is 1. The van der Waals surface area contributed by atoms with Crippen LogP contribution in [-0.2, 0) is 16.2 Å². The lowest BCUT2D eigenvalue weighted by Gasteiger charge is -2.31. The maximum Gasteiger partial charge on any atom is 0.416 e. The second-order valence-electron chi connectivity index (χ2n) is 7.21. The molecule has 0 bridgehead atoms. The molecular weight excluding hydrogens is 419 g/mol. The van der Waals surface area contributed by atoms with Gasteiger partial charge in [0.05, 0.1) is 10.5 Å². The number of aryl methyl sites for hydroxylation is 1. The molecule has 1 saturated heterocycles. The van der Waals surface area contributed by atoms with E-state index in [0.717, 1.165) is 24.3 Å². The summed E-state index contributed by atoms with van der Waals surface area (Å²) in [5.74, 6) is -0.595. The summed E-state index contributed by atoms with van der Waals surface area (Å²) in [6, 6.07) is 8.36. The minimum atomic E-state index is -4.47. The number of halogens is 3. The van der Waals surface area contributed by atoms with Crippen molar-refractivity contribution < 1.29 is 26.4 Å². The van der Waals surface area contributed by atoms with Gasteiger partial charge in [0.2, 0.25) is 10.0 Å². The van der Waals surface area contributed by atoms with Crippen LogP contribution in [0.3, 0.4) is 0 Å². The number of anilines is 1. The van der Waals surface area contributed by atoms with Crippen molar-refractivity contribution in [1.29, 1.82) is 0 Å². The number of sulfonamides is 1. The molecule has 1 aliphatic heterocycles. The average Bonchev–Trinajstić information content (AvgIpc) is 2.68. The number of nitrogens with zero attached hydrogens (tertiary/aromatic N) is 2. The first-order valence-electron chi connectivity index (χ1n) is 9.26. The molecule has 1 fully saturated rings. The van der Waals surface area contributed by atoms with Gasteiger partial charge in [-0.05, 0) is 55.9 Å². The molecule has 0 atom stereocenters. The van der Waals surface area contributed by atoms with E-state index in [1.165, 1.54) is 16.4 Å². The predicted octanol–water partition coefficient (Wildman–Crippen LogP) is 3.20. The number of benzene rings is 2. The zero-order valence-electron chi connectivity index (χ0n) is 16.5. The fraction of sp³-hybridized carbons (Fsp3) is 0.350. The Bertz CT molecular complexity index is 1030. The number of likely N-dealkylation sites (N-methyl/N-ethyl adjacent to an activating group) is 1. The molecule has 0 spiro atoms. The lowest BCUT2D eigenvalue weighted by molar-refractivity contribution is -0.137. The number of piperazine rings is 1. The van der Waals surface area contributed by atoms with Crippen LogP contribution in [0.4, 0.5) is 18.9 Å². The van der Waals surface area contributed by atoms with Gasteiger partial charge in [-0.15, -0.1) is 0 Å². The summed E-state index contributed by atoms with van der Waals surface area (Å²) in [5.41, 5.74) is 0.0542. The van der Waals surface area contributed by atoms with Crippen LogP contribution in [0.5, 0.6) is 0 Å². The topological polar surface area (TPSA) is 69.7 Å². The van der Waals surface area contributed by atoms with E-state index in [9.17, 15) is 26.4 Å². The van der Waals surface area contributed by atoms with Gasteiger partial charge in [-0.25, -0.2) is 8.42 Å². The van der Waals surface area contributed by atoms with Gasteiger partial charge in [-0.1, -0.05) is 6.07 Å². The summed E-state index contributed by atoms with van der Waals surface area (Å²) < 4.78 is 65.3. The molecular formula is C20H22F3N3O3S. The van der Waals surface area contributed by atoms with Crippen LogP contribution < -0.4 is 5.32 Å². The van der Waals surface area contributed by atoms with Crippen LogP contribution in [0, 0.1) is 6.92 Å².